The van der Waals surface area contributed by atoms with E-state index in [1.807, 2.05) is 37.3 Å². The van der Waals surface area contributed by atoms with Crippen molar-refractivity contribution in [1.29, 1.82) is 0 Å². The molecule has 1 aromatic heterocycles. The number of amides is 1. The molecule has 0 saturated heterocycles. The minimum absolute atomic E-state index is 0.0210. The van der Waals surface area contributed by atoms with Gasteiger partial charge in [0.1, 0.15) is 5.82 Å². The molecule has 4 aromatic rings. The lowest BCUT2D eigenvalue weighted by atomic mass is 10.2. The van der Waals surface area contributed by atoms with E-state index >= 15 is 0 Å². The SMILES string of the molecule is Cc1ccc(-n2c(SCC(=O)Nc3cccc(F)c3)nc3ccccc3c2=O)cc1. The van der Waals surface area contributed by atoms with Crippen molar-refractivity contribution in [2.45, 2.75) is 12.1 Å². The Bertz CT molecular complexity index is 1290. The zero-order valence-corrected chi connectivity index (χ0v) is 16.9. The van der Waals surface area contributed by atoms with Gasteiger partial charge in [-0.1, -0.05) is 47.7 Å². The molecule has 0 fully saturated rings. The second-order valence-electron chi connectivity index (χ2n) is 6.73. The first-order chi connectivity index (χ1) is 14.5. The van der Waals surface area contributed by atoms with Gasteiger partial charge in [0.15, 0.2) is 5.16 Å². The number of hydrogen-bond acceptors (Lipinski definition) is 4. The molecule has 0 atom stereocenters. The molecule has 0 saturated carbocycles. The van der Waals surface area contributed by atoms with Crippen LogP contribution in [-0.4, -0.2) is 21.2 Å². The van der Waals surface area contributed by atoms with Gasteiger partial charge in [0.2, 0.25) is 5.91 Å². The molecule has 150 valence electrons. The quantitative estimate of drug-likeness (QED) is 0.380. The summed E-state index contributed by atoms with van der Waals surface area (Å²) in [5.41, 5.74) is 2.50. The zero-order chi connectivity index (χ0) is 21.1. The van der Waals surface area contributed by atoms with Crippen LogP contribution in [0.1, 0.15) is 5.56 Å². The number of para-hydroxylation sites is 1. The Labute approximate surface area is 176 Å². The molecule has 7 heteroatoms. The van der Waals surface area contributed by atoms with Gasteiger partial charge in [-0.15, -0.1) is 0 Å². The molecular formula is C23H18FN3O2S. The Morgan fingerprint density at radius 2 is 1.83 bits per heavy atom. The van der Waals surface area contributed by atoms with Crippen LogP contribution in [0.3, 0.4) is 0 Å². The van der Waals surface area contributed by atoms with Crippen LogP contribution in [0.25, 0.3) is 16.6 Å². The number of thioether (sulfide) groups is 1. The topological polar surface area (TPSA) is 64.0 Å². The van der Waals surface area contributed by atoms with Crippen LogP contribution in [0.5, 0.6) is 0 Å². The normalized spacial score (nSPS) is 10.9. The maximum absolute atomic E-state index is 13.3. The summed E-state index contributed by atoms with van der Waals surface area (Å²) in [6.45, 7) is 1.97. The Kier molecular flexibility index (Phi) is 5.63. The molecule has 1 N–H and O–H groups in total. The molecule has 5 nitrogen and oxygen atoms in total. The van der Waals surface area contributed by atoms with Crippen molar-refractivity contribution >= 4 is 34.3 Å². The highest BCUT2D eigenvalue weighted by Crippen LogP contribution is 2.22. The van der Waals surface area contributed by atoms with Gasteiger partial charge in [-0.25, -0.2) is 9.37 Å². The number of aromatic nitrogens is 2. The number of benzene rings is 3. The Balaban J connectivity index is 1.67. The first kappa shape index (κ1) is 19.8. The molecule has 1 amide bonds. The number of nitrogens with one attached hydrogen (secondary N) is 1. The number of halogens is 1. The highest BCUT2D eigenvalue weighted by Gasteiger charge is 2.15. The molecule has 0 aliphatic heterocycles. The number of fused-ring (bicyclic) bond motifs is 1. The lowest BCUT2D eigenvalue weighted by Crippen LogP contribution is -2.23. The number of carbonyl (C=O) groups is 1. The van der Waals surface area contributed by atoms with Crippen molar-refractivity contribution in [1.82, 2.24) is 9.55 Å². The fourth-order valence-electron chi connectivity index (χ4n) is 3.02. The molecule has 0 unspecified atom stereocenters. The molecule has 0 aliphatic carbocycles. The maximum atomic E-state index is 13.3. The van der Waals surface area contributed by atoms with E-state index in [1.165, 1.54) is 22.8 Å². The molecule has 4 rings (SSSR count). The smallest absolute Gasteiger partial charge is 0.266 e. The lowest BCUT2D eigenvalue weighted by molar-refractivity contribution is -0.113. The minimum atomic E-state index is -0.426. The van der Waals surface area contributed by atoms with Crippen molar-refractivity contribution < 1.29 is 9.18 Å². The summed E-state index contributed by atoms with van der Waals surface area (Å²) >= 11 is 1.15. The molecule has 30 heavy (non-hydrogen) atoms. The highest BCUT2D eigenvalue weighted by atomic mass is 32.2. The first-order valence-corrected chi connectivity index (χ1v) is 10.3. The van der Waals surface area contributed by atoms with Gasteiger partial charge < -0.3 is 5.32 Å². The molecule has 0 bridgehead atoms. The monoisotopic (exact) mass is 419 g/mol. The van der Waals surface area contributed by atoms with Crippen molar-refractivity contribution in [3.05, 3.63) is 94.5 Å². The number of anilines is 1. The largest absolute Gasteiger partial charge is 0.325 e. The van der Waals surface area contributed by atoms with E-state index in [-0.39, 0.29) is 17.2 Å². The average molecular weight is 419 g/mol. The molecule has 3 aromatic carbocycles. The molecule has 0 spiro atoms. The van der Waals surface area contributed by atoms with Gasteiger partial charge >= 0.3 is 0 Å². The van der Waals surface area contributed by atoms with Crippen LogP contribution in [0.15, 0.2) is 82.7 Å². The highest BCUT2D eigenvalue weighted by molar-refractivity contribution is 7.99. The third-order valence-corrected chi connectivity index (χ3v) is 5.42. The van der Waals surface area contributed by atoms with Gasteiger partial charge in [0, 0.05) is 5.69 Å². The van der Waals surface area contributed by atoms with E-state index in [4.69, 9.17) is 0 Å². The van der Waals surface area contributed by atoms with Crippen LogP contribution >= 0.6 is 11.8 Å². The summed E-state index contributed by atoms with van der Waals surface area (Å²) in [5, 5.41) is 3.58. The molecule has 0 radical (unpaired) electrons. The summed E-state index contributed by atoms with van der Waals surface area (Å²) in [6, 6.07) is 20.4. The standard InChI is InChI=1S/C23H18FN3O2S/c1-15-9-11-18(12-10-15)27-22(29)19-7-2-3-8-20(19)26-23(27)30-14-21(28)25-17-6-4-5-16(24)13-17/h2-13H,14H2,1H3,(H,25,28). The van der Waals surface area contributed by atoms with Gasteiger partial charge in [-0.2, -0.15) is 0 Å². The fraction of sp³-hybridized carbons (Fsp3) is 0.0870. The molecule has 0 aliphatic rings. The minimum Gasteiger partial charge on any atom is -0.325 e. The van der Waals surface area contributed by atoms with E-state index in [1.54, 1.807) is 24.3 Å². The van der Waals surface area contributed by atoms with Crippen molar-refractivity contribution in [2.75, 3.05) is 11.1 Å². The van der Waals surface area contributed by atoms with Crippen molar-refractivity contribution in [2.24, 2.45) is 0 Å². The van der Waals surface area contributed by atoms with E-state index in [2.05, 4.69) is 10.3 Å². The van der Waals surface area contributed by atoms with Crippen LogP contribution < -0.4 is 10.9 Å². The number of carbonyl (C=O) groups excluding carboxylic acids is 1. The number of aryl methyl sites for hydroxylation is 1. The summed E-state index contributed by atoms with van der Waals surface area (Å²) < 4.78 is 14.8. The lowest BCUT2D eigenvalue weighted by Gasteiger charge is -2.13. The van der Waals surface area contributed by atoms with E-state index < -0.39 is 5.82 Å². The number of hydrogen-bond donors (Lipinski definition) is 1. The Hall–Kier alpha value is -3.45. The summed E-state index contributed by atoms with van der Waals surface area (Å²) in [7, 11) is 0. The van der Waals surface area contributed by atoms with Crippen molar-refractivity contribution in [3.8, 4) is 5.69 Å². The molecular weight excluding hydrogens is 401 g/mol. The van der Waals surface area contributed by atoms with E-state index in [0.717, 1.165) is 17.3 Å². The number of nitrogens with zero attached hydrogens (tertiary/aromatic N) is 2. The van der Waals surface area contributed by atoms with Crippen LogP contribution in [0.2, 0.25) is 0 Å². The summed E-state index contributed by atoms with van der Waals surface area (Å²) in [6.07, 6.45) is 0. The van der Waals surface area contributed by atoms with E-state index in [9.17, 15) is 14.0 Å². The van der Waals surface area contributed by atoms with Gasteiger partial charge in [0.05, 0.1) is 22.3 Å². The summed E-state index contributed by atoms with van der Waals surface area (Å²) in [5.74, 6) is -0.721. The maximum Gasteiger partial charge on any atom is 0.266 e. The van der Waals surface area contributed by atoms with Gasteiger partial charge in [-0.3, -0.25) is 14.2 Å². The van der Waals surface area contributed by atoms with Crippen molar-refractivity contribution in [3.63, 3.8) is 0 Å². The van der Waals surface area contributed by atoms with E-state index in [0.29, 0.717) is 27.4 Å². The third-order valence-electron chi connectivity index (χ3n) is 4.48. The second kappa shape index (κ2) is 8.51. The van der Waals surface area contributed by atoms with Crippen LogP contribution in [-0.2, 0) is 4.79 Å². The summed E-state index contributed by atoms with van der Waals surface area (Å²) in [4.78, 5) is 30.2. The van der Waals surface area contributed by atoms with Crippen LogP contribution in [0, 0.1) is 12.7 Å². The third kappa shape index (κ3) is 4.26. The first-order valence-electron chi connectivity index (χ1n) is 9.28. The molecule has 1 heterocycles. The average Bonchev–Trinajstić information content (AvgIpc) is 2.73. The zero-order valence-electron chi connectivity index (χ0n) is 16.1. The van der Waals surface area contributed by atoms with Gasteiger partial charge in [0.25, 0.3) is 5.56 Å². The van der Waals surface area contributed by atoms with Crippen LogP contribution in [0.4, 0.5) is 10.1 Å². The Morgan fingerprint density at radius 1 is 1.07 bits per heavy atom. The predicted molar refractivity (Wildman–Crippen MR) is 118 cm³/mol. The fourth-order valence-corrected chi connectivity index (χ4v) is 3.84. The van der Waals surface area contributed by atoms with Gasteiger partial charge in [-0.05, 0) is 49.4 Å². The Morgan fingerprint density at radius 3 is 2.60 bits per heavy atom. The number of rotatable bonds is 5. The predicted octanol–water partition coefficient (Wildman–Crippen LogP) is 4.56. The second-order valence-corrected chi connectivity index (χ2v) is 7.68.